The highest BCUT2D eigenvalue weighted by molar-refractivity contribution is 8.18. The quantitative estimate of drug-likeness (QED) is 0.276. The van der Waals surface area contributed by atoms with Crippen LogP contribution in [0, 0.1) is 0 Å². The molecule has 0 aliphatic carbocycles. The first-order valence-electron chi connectivity index (χ1n) is 10.5. The SMILES string of the molecule is COc1cc(/C=C2\S/C(=N/N=C\C(C)=C\c3ccccc3)N(Cc3ccco3)C2=O)ccc1O. The lowest BCUT2D eigenvalue weighted by Crippen LogP contribution is -2.28. The first kappa shape index (κ1) is 23.1. The number of phenolic OH excluding ortho intramolecular Hbond substituents is 1. The number of rotatable bonds is 7. The maximum Gasteiger partial charge on any atom is 0.267 e. The van der Waals surface area contributed by atoms with Crippen molar-refractivity contribution >= 4 is 41.2 Å². The van der Waals surface area contributed by atoms with Crippen LogP contribution in [-0.2, 0) is 11.3 Å². The van der Waals surface area contributed by atoms with Crippen LogP contribution in [-0.4, -0.2) is 34.4 Å². The Labute approximate surface area is 201 Å². The Balaban J connectivity index is 1.60. The predicted octanol–water partition coefficient (Wildman–Crippen LogP) is 5.56. The molecule has 0 saturated carbocycles. The van der Waals surface area contributed by atoms with E-state index in [2.05, 4.69) is 10.2 Å². The van der Waals surface area contributed by atoms with E-state index < -0.39 is 0 Å². The predicted molar refractivity (Wildman–Crippen MR) is 136 cm³/mol. The summed E-state index contributed by atoms with van der Waals surface area (Å²) < 4.78 is 10.6. The number of hydrogen-bond acceptors (Lipinski definition) is 7. The Hall–Kier alpha value is -4.04. The standard InChI is InChI=1S/C26H23N3O4S/c1-18(13-19-7-4-3-5-8-19)16-27-28-26-29(17-21-9-6-12-33-21)25(31)24(34-26)15-20-10-11-22(30)23(14-20)32-2/h3-16,30H,17H2,1-2H3/b18-13+,24-15-,27-16-,28-26+. The lowest BCUT2D eigenvalue weighted by molar-refractivity contribution is -0.122. The molecule has 0 spiro atoms. The number of hydrogen-bond donors (Lipinski definition) is 1. The highest BCUT2D eigenvalue weighted by atomic mass is 32.2. The number of aromatic hydroxyl groups is 1. The van der Waals surface area contributed by atoms with Crippen LogP contribution >= 0.6 is 11.8 Å². The third kappa shape index (κ3) is 5.65. The molecule has 2 heterocycles. The van der Waals surface area contributed by atoms with Crippen LogP contribution in [0.25, 0.3) is 12.2 Å². The van der Waals surface area contributed by atoms with Crippen molar-refractivity contribution in [2.45, 2.75) is 13.5 Å². The molecule has 3 aromatic rings. The van der Waals surface area contributed by atoms with Crippen molar-refractivity contribution in [3.63, 3.8) is 0 Å². The van der Waals surface area contributed by atoms with E-state index in [0.29, 0.717) is 21.6 Å². The summed E-state index contributed by atoms with van der Waals surface area (Å²) in [5.41, 5.74) is 2.71. The van der Waals surface area contributed by atoms with Crippen molar-refractivity contribution in [1.82, 2.24) is 4.90 Å². The largest absolute Gasteiger partial charge is 0.504 e. The monoisotopic (exact) mass is 473 g/mol. The number of amidine groups is 1. The van der Waals surface area contributed by atoms with E-state index >= 15 is 0 Å². The maximum atomic E-state index is 13.2. The van der Waals surface area contributed by atoms with E-state index in [9.17, 15) is 9.90 Å². The Morgan fingerprint density at radius 2 is 1.97 bits per heavy atom. The molecule has 0 radical (unpaired) electrons. The van der Waals surface area contributed by atoms with Crippen LogP contribution in [0.15, 0.2) is 92.0 Å². The minimum absolute atomic E-state index is 0.0324. The zero-order valence-electron chi connectivity index (χ0n) is 18.7. The van der Waals surface area contributed by atoms with Gasteiger partial charge >= 0.3 is 0 Å². The molecule has 0 bridgehead atoms. The Bertz CT molecular complexity index is 1280. The number of amides is 1. The molecule has 172 valence electrons. The summed E-state index contributed by atoms with van der Waals surface area (Å²) >= 11 is 1.23. The van der Waals surface area contributed by atoms with Crippen molar-refractivity contribution in [2.75, 3.05) is 7.11 Å². The summed E-state index contributed by atoms with van der Waals surface area (Å²) in [6.45, 7) is 2.18. The molecule has 34 heavy (non-hydrogen) atoms. The molecule has 4 rings (SSSR count). The second-order valence-electron chi connectivity index (χ2n) is 7.44. The van der Waals surface area contributed by atoms with Crippen LogP contribution < -0.4 is 4.74 Å². The first-order chi connectivity index (χ1) is 16.5. The van der Waals surface area contributed by atoms with Crippen LogP contribution in [0.3, 0.4) is 0 Å². The van der Waals surface area contributed by atoms with Gasteiger partial charge in [0.25, 0.3) is 5.91 Å². The summed E-state index contributed by atoms with van der Waals surface area (Å²) in [5, 5.41) is 18.8. The van der Waals surface area contributed by atoms with Gasteiger partial charge in [0.1, 0.15) is 5.76 Å². The molecular weight excluding hydrogens is 450 g/mol. The maximum absolute atomic E-state index is 13.2. The molecule has 0 atom stereocenters. The van der Waals surface area contributed by atoms with Crippen molar-refractivity contribution < 1.29 is 19.1 Å². The van der Waals surface area contributed by atoms with Crippen LogP contribution in [0.5, 0.6) is 11.5 Å². The van der Waals surface area contributed by atoms with Gasteiger partial charge in [0.05, 0.1) is 31.0 Å². The number of benzene rings is 2. The molecule has 1 fully saturated rings. The topological polar surface area (TPSA) is 87.6 Å². The number of carbonyl (C=O) groups excluding carboxylic acids is 1. The van der Waals surface area contributed by atoms with E-state index in [1.165, 1.54) is 29.8 Å². The second-order valence-corrected chi connectivity index (χ2v) is 8.45. The third-order valence-corrected chi connectivity index (χ3v) is 5.88. The molecule has 0 unspecified atom stereocenters. The first-order valence-corrected chi connectivity index (χ1v) is 11.3. The summed E-state index contributed by atoms with van der Waals surface area (Å²) in [7, 11) is 1.48. The van der Waals surface area contributed by atoms with Gasteiger partial charge in [-0.3, -0.25) is 9.69 Å². The summed E-state index contributed by atoms with van der Waals surface area (Å²) in [6, 6.07) is 18.4. The zero-order valence-corrected chi connectivity index (χ0v) is 19.5. The minimum Gasteiger partial charge on any atom is -0.504 e. The van der Waals surface area contributed by atoms with Gasteiger partial charge in [-0.25, -0.2) is 0 Å². The van der Waals surface area contributed by atoms with Crippen LogP contribution in [0.2, 0.25) is 0 Å². The van der Waals surface area contributed by atoms with E-state index in [1.807, 2.05) is 43.3 Å². The van der Waals surface area contributed by atoms with Gasteiger partial charge in [0.15, 0.2) is 16.7 Å². The summed E-state index contributed by atoms with van der Waals surface area (Å²) in [5.74, 6) is 0.790. The van der Waals surface area contributed by atoms with Crippen LogP contribution in [0.4, 0.5) is 0 Å². The minimum atomic E-state index is -0.209. The van der Waals surface area contributed by atoms with Gasteiger partial charge in [-0.05, 0) is 65.7 Å². The number of ether oxygens (including phenoxy) is 1. The highest BCUT2D eigenvalue weighted by Gasteiger charge is 2.34. The van der Waals surface area contributed by atoms with Crippen molar-refractivity contribution in [3.8, 4) is 11.5 Å². The van der Waals surface area contributed by atoms with Crippen LogP contribution in [0.1, 0.15) is 23.8 Å². The van der Waals surface area contributed by atoms with Gasteiger partial charge in [-0.15, -0.1) is 5.10 Å². The lowest BCUT2D eigenvalue weighted by atomic mass is 10.1. The number of nitrogens with zero attached hydrogens (tertiary/aromatic N) is 3. The third-order valence-electron chi connectivity index (χ3n) is 4.88. The number of furan rings is 1. The number of phenols is 1. The summed E-state index contributed by atoms with van der Waals surface area (Å²) in [6.07, 6.45) is 6.95. The molecule has 8 heteroatoms. The fourth-order valence-electron chi connectivity index (χ4n) is 3.23. The molecule has 1 aliphatic rings. The number of thioether (sulfide) groups is 1. The smallest absolute Gasteiger partial charge is 0.267 e. The second kappa shape index (κ2) is 10.7. The molecular formula is C26H23N3O4S. The molecule has 1 aliphatic heterocycles. The Kier molecular flexibility index (Phi) is 7.29. The summed E-state index contributed by atoms with van der Waals surface area (Å²) in [4.78, 5) is 15.2. The van der Waals surface area contributed by atoms with E-state index in [4.69, 9.17) is 9.15 Å². The Morgan fingerprint density at radius 3 is 2.71 bits per heavy atom. The lowest BCUT2D eigenvalue weighted by Gasteiger charge is -2.12. The van der Waals surface area contributed by atoms with Gasteiger partial charge in [-0.2, -0.15) is 5.10 Å². The fraction of sp³-hybridized carbons (Fsp3) is 0.115. The van der Waals surface area contributed by atoms with Gasteiger partial charge < -0.3 is 14.3 Å². The normalized spacial score (nSPS) is 16.8. The number of allylic oxidation sites excluding steroid dienone is 1. The van der Waals surface area contributed by atoms with Crippen molar-refractivity contribution in [2.24, 2.45) is 10.2 Å². The zero-order chi connectivity index (χ0) is 23.9. The van der Waals surface area contributed by atoms with Crippen molar-refractivity contribution in [1.29, 1.82) is 0 Å². The highest BCUT2D eigenvalue weighted by Crippen LogP contribution is 2.35. The van der Waals surface area contributed by atoms with E-state index in [1.54, 1.807) is 42.8 Å². The Morgan fingerprint density at radius 1 is 1.15 bits per heavy atom. The molecule has 1 saturated heterocycles. The fourth-order valence-corrected chi connectivity index (χ4v) is 4.17. The van der Waals surface area contributed by atoms with E-state index in [-0.39, 0.29) is 18.2 Å². The number of methoxy groups -OCH3 is 1. The van der Waals surface area contributed by atoms with E-state index in [0.717, 1.165) is 16.7 Å². The number of carbonyl (C=O) groups is 1. The molecule has 1 N–H and O–H groups in total. The van der Waals surface area contributed by atoms with Gasteiger partial charge in [0, 0.05) is 0 Å². The molecule has 7 nitrogen and oxygen atoms in total. The van der Waals surface area contributed by atoms with Gasteiger partial charge in [-0.1, -0.05) is 42.5 Å². The van der Waals surface area contributed by atoms with Gasteiger partial charge in [0.2, 0.25) is 0 Å². The molecule has 1 aromatic heterocycles. The molecule has 1 amide bonds. The molecule has 2 aromatic carbocycles. The van der Waals surface area contributed by atoms with Crippen molar-refractivity contribution in [3.05, 3.63) is 94.3 Å². The average Bonchev–Trinajstić information content (AvgIpc) is 3.45. The average molecular weight is 474 g/mol.